The van der Waals surface area contributed by atoms with E-state index in [1.54, 1.807) is 0 Å². The number of allylic oxidation sites excluding steroid dienone is 4. The number of esters is 2. The molecule has 0 radical (unpaired) electrons. The van der Waals surface area contributed by atoms with Gasteiger partial charge < -0.3 is 9.47 Å². The summed E-state index contributed by atoms with van der Waals surface area (Å²) in [5.41, 5.74) is -0.302. The molecule has 0 aromatic heterocycles. The van der Waals surface area contributed by atoms with Crippen molar-refractivity contribution in [3.8, 4) is 0 Å². The van der Waals surface area contributed by atoms with Gasteiger partial charge in [0.2, 0.25) is 0 Å². The summed E-state index contributed by atoms with van der Waals surface area (Å²) in [4.78, 5) is 25.3. The Bertz CT molecular complexity index is 1170. The molecular formula is C42H70O7S. The molecule has 7 nitrogen and oxygen atoms in total. The second-order valence-electron chi connectivity index (χ2n) is 13.6. The minimum absolute atomic E-state index is 0.0760. The predicted molar refractivity (Wildman–Crippen MR) is 206 cm³/mol. The molecule has 286 valence electrons. The standard InChI is InChI=1S/C42H70O7S/c1-3-5-7-9-11-13-15-17-19-21-23-25-27-29-31-35-48-41(43)39-34-33-38(50(45,46)47)37-40(39)42(44)49-36-32-30-28-26-24-22-20-18-16-14-12-10-8-6-4-2/h21-24,33-34,37H,3-20,25-32,35-36H2,1-2H3,(H,45,46,47)/b23-21+,24-22+. The zero-order valence-electron chi connectivity index (χ0n) is 31.6. The van der Waals surface area contributed by atoms with Crippen molar-refractivity contribution in [2.75, 3.05) is 13.2 Å². The van der Waals surface area contributed by atoms with Crippen LogP contribution in [0.15, 0.2) is 47.4 Å². The van der Waals surface area contributed by atoms with Crippen LogP contribution in [0.4, 0.5) is 0 Å². The largest absolute Gasteiger partial charge is 0.462 e. The minimum Gasteiger partial charge on any atom is -0.462 e. The van der Waals surface area contributed by atoms with Gasteiger partial charge in [0.1, 0.15) is 0 Å². The highest BCUT2D eigenvalue weighted by atomic mass is 32.2. The molecular weight excluding hydrogens is 649 g/mol. The average Bonchev–Trinajstić information content (AvgIpc) is 3.10. The fourth-order valence-corrected chi connectivity index (χ4v) is 6.37. The maximum Gasteiger partial charge on any atom is 0.339 e. The monoisotopic (exact) mass is 718 g/mol. The molecule has 0 saturated carbocycles. The Morgan fingerprint density at radius 2 is 0.860 bits per heavy atom. The summed E-state index contributed by atoms with van der Waals surface area (Å²) in [6.07, 6.45) is 39.5. The van der Waals surface area contributed by atoms with Crippen molar-refractivity contribution in [1.29, 1.82) is 0 Å². The molecule has 0 fully saturated rings. The fraction of sp³-hybridized carbons (Fsp3) is 0.714. The first kappa shape index (κ1) is 45.6. The Morgan fingerprint density at radius 1 is 0.520 bits per heavy atom. The van der Waals surface area contributed by atoms with Crippen LogP contribution in [-0.4, -0.2) is 38.1 Å². The highest BCUT2D eigenvalue weighted by Crippen LogP contribution is 2.19. The van der Waals surface area contributed by atoms with Gasteiger partial charge in [-0.05, 0) is 95.2 Å². The third kappa shape index (κ3) is 24.7. The lowest BCUT2D eigenvalue weighted by Crippen LogP contribution is -2.16. The molecule has 0 aliphatic carbocycles. The quantitative estimate of drug-likeness (QED) is 0.0333. The SMILES string of the molecule is CCCCCCCCCC/C=C/CCCCCOC(=O)c1ccc(S(=O)(=O)O)cc1C(=O)OCCCCC/C=C/CCCCCCCCCC. The summed E-state index contributed by atoms with van der Waals surface area (Å²) >= 11 is 0. The molecule has 0 amide bonds. The molecule has 0 unspecified atom stereocenters. The van der Waals surface area contributed by atoms with Crippen LogP contribution in [0.2, 0.25) is 0 Å². The molecule has 0 atom stereocenters. The topological polar surface area (TPSA) is 107 Å². The lowest BCUT2D eigenvalue weighted by molar-refractivity contribution is 0.0450. The van der Waals surface area contributed by atoms with Crippen LogP contribution in [-0.2, 0) is 19.6 Å². The maximum atomic E-state index is 12.9. The number of hydrogen-bond donors (Lipinski definition) is 1. The summed E-state index contributed by atoms with van der Waals surface area (Å²) < 4.78 is 43.7. The van der Waals surface area contributed by atoms with E-state index >= 15 is 0 Å². The van der Waals surface area contributed by atoms with E-state index in [9.17, 15) is 22.6 Å². The van der Waals surface area contributed by atoms with Gasteiger partial charge in [-0.15, -0.1) is 0 Å². The summed E-state index contributed by atoms with van der Waals surface area (Å²) in [6, 6.07) is 3.26. The maximum absolute atomic E-state index is 12.9. The molecule has 1 N–H and O–H groups in total. The molecule has 1 aromatic rings. The van der Waals surface area contributed by atoms with Crippen molar-refractivity contribution < 1.29 is 32.0 Å². The smallest absolute Gasteiger partial charge is 0.339 e. The average molecular weight is 719 g/mol. The van der Waals surface area contributed by atoms with Crippen LogP contribution in [0.3, 0.4) is 0 Å². The van der Waals surface area contributed by atoms with E-state index in [1.165, 1.54) is 109 Å². The van der Waals surface area contributed by atoms with Crippen LogP contribution >= 0.6 is 0 Å². The number of carbonyl (C=O) groups is 2. The van der Waals surface area contributed by atoms with Crippen LogP contribution in [0.25, 0.3) is 0 Å². The van der Waals surface area contributed by atoms with Gasteiger partial charge >= 0.3 is 11.9 Å². The third-order valence-corrected chi connectivity index (χ3v) is 9.86. The van der Waals surface area contributed by atoms with Crippen molar-refractivity contribution in [2.45, 2.75) is 186 Å². The van der Waals surface area contributed by atoms with Gasteiger partial charge in [-0.1, -0.05) is 128 Å². The van der Waals surface area contributed by atoms with Crippen LogP contribution in [0, 0.1) is 0 Å². The van der Waals surface area contributed by atoms with E-state index in [-0.39, 0.29) is 24.3 Å². The second kappa shape index (κ2) is 31.3. The number of unbranched alkanes of at least 4 members (excludes halogenated alkanes) is 22. The number of ether oxygens (including phenoxy) is 2. The number of carbonyl (C=O) groups excluding carboxylic acids is 2. The first-order valence-corrected chi connectivity index (χ1v) is 21.5. The lowest BCUT2D eigenvalue weighted by atomic mass is 10.1. The van der Waals surface area contributed by atoms with Crippen molar-refractivity contribution in [3.05, 3.63) is 53.6 Å². The van der Waals surface area contributed by atoms with Gasteiger partial charge in [0.25, 0.3) is 10.1 Å². The molecule has 8 heteroatoms. The Morgan fingerprint density at radius 3 is 1.24 bits per heavy atom. The van der Waals surface area contributed by atoms with E-state index in [0.29, 0.717) is 12.8 Å². The van der Waals surface area contributed by atoms with Gasteiger partial charge in [-0.2, -0.15) is 8.42 Å². The highest BCUT2D eigenvalue weighted by Gasteiger charge is 2.23. The van der Waals surface area contributed by atoms with Gasteiger partial charge in [0, 0.05) is 0 Å². The first-order valence-electron chi connectivity index (χ1n) is 20.1. The van der Waals surface area contributed by atoms with Crippen LogP contribution < -0.4 is 0 Å². The third-order valence-electron chi connectivity index (χ3n) is 9.01. The zero-order chi connectivity index (χ0) is 36.5. The van der Waals surface area contributed by atoms with Crippen molar-refractivity contribution in [2.24, 2.45) is 0 Å². The summed E-state index contributed by atoms with van der Waals surface area (Å²) in [5.74, 6) is -1.53. The predicted octanol–water partition coefficient (Wildman–Crippen LogP) is 12.5. The Labute approximate surface area is 305 Å². The molecule has 0 aliphatic heterocycles. The Hall–Kier alpha value is -2.45. The van der Waals surface area contributed by atoms with E-state index in [1.807, 2.05) is 0 Å². The van der Waals surface area contributed by atoms with E-state index in [0.717, 1.165) is 63.5 Å². The van der Waals surface area contributed by atoms with Crippen LogP contribution in [0.5, 0.6) is 0 Å². The van der Waals surface area contributed by atoms with Crippen molar-refractivity contribution in [3.63, 3.8) is 0 Å². The molecule has 0 bridgehead atoms. The lowest BCUT2D eigenvalue weighted by Gasteiger charge is -2.11. The summed E-state index contributed by atoms with van der Waals surface area (Å²) in [5, 5.41) is 0. The van der Waals surface area contributed by atoms with Crippen molar-refractivity contribution in [1.82, 2.24) is 0 Å². The first-order chi connectivity index (χ1) is 24.3. The molecule has 1 aromatic carbocycles. The van der Waals surface area contributed by atoms with Gasteiger partial charge in [-0.25, -0.2) is 9.59 Å². The van der Waals surface area contributed by atoms with Gasteiger partial charge in [0.15, 0.2) is 0 Å². The van der Waals surface area contributed by atoms with Gasteiger partial charge in [0.05, 0.1) is 29.2 Å². The highest BCUT2D eigenvalue weighted by molar-refractivity contribution is 7.85. The fourth-order valence-electron chi connectivity index (χ4n) is 5.86. The van der Waals surface area contributed by atoms with E-state index < -0.39 is 27.0 Å². The molecule has 0 saturated heterocycles. The second-order valence-corrected chi connectivity index (χ2v) is 15.0. The van der Waals surface area contributed by atoms with Gasteiger partial charge in [-0.3, -0.25) is 4.55 Å². The molecule has 1 rings (SSSR count). The number of rotatable bonds is 33. The number of hydrogen-bond acceptors (Lipinski definition) is 6. The number of benzene rings is 1. The van der Waals surface area contributed by atoms with Crippen molar-refractivity contribution >= 4 is 22.1 Å². The normalized spacial score (nSPS) is 11.9. The Kier molecular flexibility index (Phi) is 28.5. The summed E-state index contributed by atoms with van der Waals surface area (Å²) in [7, 11) is -4.57. The molecule has 0 heterocycles. The van der Waals surface area contributed by atoms with E-state index in [2.05, 4.69) is 38.2 Å². The molecule has 50 heavy (non-hydrogen) atoms. The Balaban J connectivity index is 2.31. The van der Waals surface area contributed by atoms with Crippen LogP contribution in [0.1, 0.15) is 202 Å². The van der Waals surface area contributed by atoms with E-state index in [4.69, 9.17) is 9.47 Å². The minimum atomic E-state index is -4.57. The zero-order valence-corrected chi connectivity index (χ0v) is 32.5. The molecule has 0 spiro atoms. The molecule has 0 aliphatic rings. The summed E-state index contributed by atoms with van der Waals surface area (Å²) in [6.45, 7) is 4.84.